The molecule has 0 fully saturated rings. The van der Waals surface area contributed by atoms with Crippen molar-refractivity contribution in [1.29, 1.82) is 0 Å². The Balaban J connectivity index is 2.45. The van der Waals surface area contributed by atoms with Crippen molar-refractivity contribution in [3.05, 3.63) is 29.6 Å². The molecule has 0 saturated carbocycles. The molecule has 1 aromatic heterocycles. The Kier molecular flexibility index (Phi) is 5.10. The van der Waals surface area contributed by atoms with Crippen molar-refractivity contribution in [3.63, 3.8) is 0 Å². The number of hydrogen-bond donors (Lipinski definition) is 2. The molecule has 1 aromatic rings. The highest BCUT2D eigenvalue weighted by atomic mass is 16.1. The van der Waals surface area contributed by atoms with Crippen molar-refractivity contribution in [3.8, 4) is 0 Å². The summed E-state index contributed by atoms with van der Waals surface area (Å²) in [6.45, 7) is 6.61. The van der Waals surface area contributed by atoms with E-state index in [1.165, 1.54) is 0 Å². The largest absolute Gasteiger partial charge is 0.350 e. The van der Waals surface area contributed by atoms with Crippen molar-refractivity contribution in [2.24, 2.45) is 11.7 Å². The van der Waals surface area contributed by atoms with Crippen LogP contribution in [0, 0.1) is 12.8 Å². The first-order valence-electron chi connectivity index (χ1n) is 5.95. The van der Waals surface area contributed by atoms with Gasteiger partial charge in [0.15, 0.2) is 0 Å². The number of aromatic nitrogens is 1. The number of hydrogen-bond acceptors (Lipinski definition) is 3. The highest BCUT2D eigenvalue weighted by Gasteiger charge is 2.09. The summed E-state index contributed by atoms with van der Waals surface area (Å²) >= 11 is 0. The predicted molar refractivity (Wildman–Crippen MR) is 68.7 cm³/mol. The molecular weight excluding hydrogens is 214 g/mol. The molecule has 1 heterocycles. The molecule has 4 heteroatoms. The molecule has 1 amide bonds. The van der Waals surface area contributed by atoms with Crippen molar-refractivity contribution in [1.82, 2.24) is 10.3 Å². The summed E-state index contributed by atoms with van der Waals surface area (Å²) in [5.74, 6) is 0.458. The van der Waals surface area contributed by atoms with Crippen LogP contribution in [-0.4, -0.2) is 23.5 Å². The second-order valence-electron chi connectivity index (χ2n) is 4.79. The summed E-state index contributed by atoms with van der Waals surface area (Å²) in [7, 11) is 0. The van der Waals surface area contributed by atoms with Gasteiger partial charge in [-0.25, -0.2) is 0 Å². The Morgan fingerprint density at radius 3 is 2.82 bits per heavy atom. The van der Waals surface area contributed by atoms with Crippen LogP contribution in [0.4, 0.5) is 0 Å². The van der Waals surface area contributed by atoms with Crippen LogP contribution in [0.1, 0.15) is 36.3 Å². The lowest BCUT2D eigenvalue weighted by atomic mass is 10.0. The average molecular weight is 235 g/mol. The SMILES string of the molecule is Cc1cc(C(=O)NCC(N)CC(C)C)ccn1. The fraction of sp³-hybridized carbons (Fsp3) is 0.538. The Hall–Kier alpha value is -1.42. The maximum Gasteiger partial charge on any atom is 0.251 e. The van der Waals surface area contributed by atoms with Gasteiger partial charge in [-0.1, -0.05) is 13.8 Å². The van der Waals surface area contributed by atoms with E-state index < -0.39 is 0 Å². The van der Waals surface area contributed by atoms with E-state index >= 15 is 0 Å². The first kappa shape index (κ1) is 13.6. The summed E-state index contributed by atoms with van der Waals surface area (Å²) in [4.78, 5) is 15.8. The Bertz CT molecular complexity index is 377. The van der Waals surface area contributed by atoms with E-state index in [4.69, 9.17) is 5.73 Å². The second kappa shape index (κ2) is 6.35. The van der Waals surface area contributed by atoms with Gasteiger partial charge in [0.25, 0.3) is 5.91 Å². The lowest BCUT2D eigenvalue weighted by Crippen LogP contribution is -2.38. The topological polar surface area (TPSA) is 68.0 Å². The quantitative estimate of drug-likeness (QED) is 0.812. The summed E-state index contributed by atoms with van der Waals surface area (Å²) in [5, 5.41) is 2.84. The Morgan fingerprint density at radius 1 is 1.53 bits per heavy atom. The number of nitrogens with one attached hydrogen (secondary N) is 1. The van der Waals surface area contributed by atoms with Crippen LogP contribution < -0.4 is 11.1 Å². The lowest BCUT2D eigenvalue weighted by molar-refractivity contribution is 0.0950. The third kappa shape index (κ3) is 4.95. The third-order valence-corrected chi connectivity index (χ3v) is 2.46. The van der Waals surface area contributed by atoms with Crippen molar-refractivity contribution < 1.29 is 4.79 Å². The molecule has 1 atom stereocenters. The molecule has 1 rings (SSSR count). The van der Waals surface area contributed by atoms with Crippen LogP contribution in [-0.2, 0) is 0 Å². The molecule has 0 spiro atoms. The van der Waals surface area contributed by atoms with Crippen LogP contribution in [0.3, 0.4) is 0 Å². The van der Waals surface area contributed by atoms with Crippen molar-refractivity contribution in [2.75, 3.05) is 6.54 Å². The molecule has 0 aliphatic heterocycles. The zero-order valence-electron chi connectivity index (χ0n) is 10.7. The van der Waals surface area contributed by atoms with Gasteiger partial charge in [0.1, 0.15) is 0 Å². The molecule has 0 aliphatic carbocycles. The first-order valence-corrected chi connectivity index (χ1v) is 5.95. The van der Waals surface area contributed by atoms with Crippen LogP contribution >= 0.6 is 0 Å². The van der Waals surface area contributed by atoms with Crippen molar-refractivity contribution in [2.45, 2.75) is 33.2 Å². The van der Waals surface area contributed by atoms with Crippen LogP contribution in [0.5, 0.6) is 0 Å². The van der Waals surface area contributed by atoms with Gasteiger partial charge in [0.2, 0.25) is 0 Å². The van der Waals surface area contributed by atoms with E-state index in [0.29, 0.717) is 18.0 Å². The number of nitrogens with two attached hydrogens (primary N) is 1. The maximum atomic E-state index is 11.8. The van der Waals surface area contributed by atoms with E-state index in [0.717, 1.165) is 12.1 Å². The van der Waals surface area contributed by atoms with Gasteiger partial charge >= 0.3 is 0 Å². The van der Waals surface area contributed by atoms with Crippen LogP contribution in [0.15, 0.2) is 18.3 Å². The molecule has 0 aromatic carbocycles. The van der Waals surface area contributed by atoms with Gasteiger partial charge in [-0.05, 0) is 31.4 Å². The van der Waals surface area contributed by atoms with Crippen molar-refractivity contribution >= 4 is 5.91 Å². The zero-order valence-corrected chi connectivity index (χ0v) is 10.7. The number of nitrogens with zero attached hydrogens (tertiary/aromatic N) is 1. The van der Waals surface area contributed by atoms with Gasteiger partial charge in [-0.3, -0.25) is 9.78 Å². The number of amides is 1. The van der Waals surface area contributed by atoms with Gasteiger partial charge in [-0.15, -0.1) is 0 Å². The minimum Gasteiger partial charge on any atom is -0.350 e. The number of rotatable bonds is 5. The normalized spacial score (nSPS) is 12.5. The van der Waals surface area contributed by atoms with Gasteiger partial charge in [0.05, 0.1) is 0 Å². The van der Waals surface area contributed by atoms with Gasteiger partial charge in [-0.2, -0.15) is 0 Å². The summed E-state index contributed by atoms with van der Waals surface area (Å²) < 4.78 is 0. The maximum absolute atomic E-state index is 11.8. The molecule has 0 radical (unpaired) electrons. The van der Waals surface area contributed by atoms with E-state index in [1.54, 1.807) is 18.3 Å². The van der Waals surface area contributed by atoms with Crippen LogP contribution in [0.2, 0.25) is 0 Å². The third-order valence-electron chi connectivity index (χ3n) is 2.46. The zero-order chi connectivity index (χ0) is 12.8. The molecule has 94 valence electrons. The van der Waals surface area contributed by atoms with E-state index in [1.807, 2.05) is 6.92 Å². The Labute approximate surface area is 103 Å². The standard InChI is InChI=1S/C13H21N3O/c1-9(2)6-12(14)8-16-13(17)11-4-5-15-10(3)7-11/h4-5,7,9,12H,6,8,14H2,1-3H3,(H,16,17). The number of carbonyl (C=O) groups is 1. The molecule has 17 heavy (non-hydrogen) atoms. The molecular formula is C13H21N3O. The number of pyridine rings is 1. The van der Waals surface area contributed by atoms with E-state index in [2.05, 4.69) is 24.1 Å². The monoisotopic (exact) mass is 235 g/mol. The molecule has 3 N–H and O–H groups in total. The van der Waals surface area contributed by atoms with Gasteiger partial charge < -0.3 is 11.1 Å². The van der Waals surface area contributed by atoms with E-state index in [-0.39, 0.29) is 11.9 Å². The lowest BCUT2D eigenvalue weighted by Gasteiger charge is -2.14. The van der Waals surface area contributed by atoms with E-state index in [9.17, 15) is 4.79 Å². The second-order valence-corrected chi connectivity index (χ2v) is 4.79. The number of aryl methyl sites for hydroxylation is 1. The molecule has 4 nitrogen and oxygen atoms in total. The van der Waals surface area contributed by atoms with Gasteiger partial charge in [0, 0.05) is 30.0 Å². The summed E-state index contributed by atoms with van der Waals surface area (Å²) in [5.41, 5.74) is 7.37. The number of carbonyl (C=O) groups excluding carboxylic acids is 1. The summed E-state index contributed by atoms with van der Waals surface area (Å²) in [6, 6.07) is 3.49. The minimum absolute atomic E-state index is 0.0156. The fourth-order valence-corrected chi connectivity index (χ4v) is 1.70. The minimum atomic E-state index is -0.0882. The predicted octanol–water partition coefficient (Wildman–Crippen LogP) is 1.49. The first-order chi connectivity index (χ1) is 7.99. The highest BCUT2D eigenvalue weighted by Crippen LogP contribution is 2.03. The molecule has 0 saturated heterocycles. The molecule has 0 aliphatic rings. The fourth-order valence-electron chi connectivity index (χ4n) is 1.70. The summed E-state index contributed by atoms with van der Waals surface area (Å²) in [6.07, 6.45) is 2.55. The Morgan fingerprint density at radius 2 is 2.24 bits per heavy atom. The smallest absolute Gasteiger partial charge is 0.251 e. The van der Waals surface area contributed by atoms with Crippen LogP contribution in [0.25, 0.3) is 0 Å². The molecule has 1 unspecified atom stereocenters. The molecule has 0 bridgehead atoms. The highest BCUT2D eigenvalue weighted by molar-refractivity contribution is 5.94. The average Bonchev–Trinajstić information content (AvgIpc) is 2.25.